The van der Waals surface area contributed by atoms with Gasteiger partial charge in [-0.25, -0.2) is 22.6 Å². The molecule has 1 atom stereocenters. The van der Waals surface area contributed by atoms with Crippen molar-refractivity contribution >= 4 is 33.4 Å². The van der Waals surface area contributed by atoms with E-state index >= 15 is 0 Å². The molecule has 0 saturated heterocycles. The minimum atomic E-state index is -5.39. The molecule has 49 heavy (non-hydrogen) atoms. The Morgan fingerprint density at radius 2 is 1.61 bits per heavy atom. The van der Waals surface area contributed by atoms with E-state index in [0.29, 0.717) is 29.9 Å². The number of aromatic nitrogens is 3. The number of sulfonamides is 1. The second-order valence-electron chi connectivity index (χ2n) is 11.7. The van der Waals surface area contributed by atoms with E-state index in [-0.39, 0.29) is 52.6 Å². The number of hydrogen-bond donors (Lipinski definition) is 3. The first-order chi connectivity index (χ1) is 23.4. The number of hydroxylamine groups is 1. The van der Waals surface area contributed by atoms with Gasteiger partial charge in [-0.2, -0.15) is 18.2 Å². The first-order valence-corrected chi connectivity index (χ1v) is 17.0. The highest BCUT2D eigenvalue weighted by Gasteiger charge is 2.47. The zero-order valence-corrected chi connectivity index (χ0v) is 27.2. The summed E-state index contributed by atoms with van der Waals surface area (Å²) in [6, 6.07) is 15.7. The van der Waals surface area contributed by atoms with E-state index in [1.54, 1.807) is 30.6 Å². The average molecular weight is 702 g/mol. The largest absolute Gasteiger partial charge is 0.492 e. The Kier molecular flexibility index (Phi) is 11.4. The number of carbonyl (C=O) groups excluding carboxylic acids is 1. The normalized spacial score (nSPS) is 17.3. The van der Waals surface area contributed by atoms with Gasteiger partial charge >= 0.3 is 12.1 Å². The third-order valence-electron chi connectivity index (χ3n) is 7.89. The zero-order valence-electron chi connectivity index (χ0n) is 26.4. The van der Waals surface area contributed by atoms with Gasteiger partial charge in [0.1, 0.15) is 11.6 Å². The Morgan fingerprint density at radius 3 is 2.27 bits per heavy atom. The molecule has 11 nitrogen and oxygen atoms in total. The number of halogens is 4. The van der Waals surface area contributed by atoms with Gasteiger partial charge in [0, 0.05) is 42.9 Å². The van der Waals surface area contributed by atoms with Crippen LogP contribution in [0.4, 0.5) is 35.0 Å². The first-order valence-electron chi connectivity index (χ1n) is 15.5. The van der Waals surface area contributed by atoms with Crippen LogP contribution >= 0.6 is 0 Å². The van der Waals surface area contributed by atoms with Gasteiger partial charge < -0.3 is 20.8 Å². The summed E-state index contributed by atoms with van der Waals surface area (Å²) in [7, 11) is -4.67. The van der Waals surface area contributed by atoms with Crippen LogP contribution in [0.2, 0.25) is 0 Å². The molecule has 1 saturated carbocycles. The molecular formula is C33H35F4N7O4S. The van der Waals surface area contributed by atoms with Crippen molar-refractivity contribution in [3.63, 3.8) is 0 Å². The van der Waals surface area contributed by atoms with Gasteiger partial charge in [0.2, 0.25) is 5.95 Å². The smallest absolute Gasteiger partial charge is 0.350 e. The fraction of sp³-hybridized carbons (Fsp3) is 0.333. The van der Waals surface area contributed by atoms with E-state index in [0.717, 1.165) is 12.0 Å². The van der Waals surface area contributed by atoms with Crippen LogP contribution in [0.3, 0.4) is 0 Å². The Bertz CT molecular complexity index is 1790. The summed E-state index contributed by atoms with van der Waals surface area (Å²) in [4.78, 5) is 28.6. The van der Waals surface area contributed by atoms with Gasteiger partial charge in [0.25, 0.3) is 10.0 Å². The van der Waals surface area contributed by atoms with Gasteiger partial charge in [-0.1, -0.05) is 12.1 Å². The Balaban J connectivity index is 1.22. The molecule has 2 heterocycles. The summed E-state index contributed by atoms with van der Waals surface area (Å²) in [5, 5.41) is 9.55. The second-order valence-corrected chi connectivity index (χ2v) is 13.4. The van der Waals surface area contributed by atoms with E-state index in [9.17, 15) is 30.8 Å². The van der Waals surface area contributed by atoms with Crippen LogP contribution in [-0.4, -0.2) is 58.1 Å². The number of anilines is 3. The van der Waals surface area contributed by atoms with Gasteiger partial charge in [0.15, 0.2) is 0 Å². The molecule has 0 spiro atoms. The highest BCUT2D eigenvalue weighted by Crippen LogP contribution is 2.31. The molecule has 1 fully saturated rings. The Hall–Kier alpha value is -4.67. The molecule has 5 rings (SSSR count). The molecule has 4 aromatic rings. The zero-order chi connectivity index (χ0) is 35.0. The summed E-state index contributed by atoms with van der Waals surface area (Å²) in [6.45, 7) is 2.20. The molecule has 0 aliphatic heterocycles. The number of hydrogen-bond acceptors (Lipinski definition) is 10. The van der Waals surface area contributed by atoms with Crippen molar-refractivity contribution in [3.05, 3.63) is 102 Å². The molecule has 1 aliphatic rings. The van der Waals surface area contributed by atoms with E-state index in [4.69, 9.17) is 0 Å². The topological polar surface area (TPSA) is 138 Å². The minimum absolute atomic E-state index is 0.00566. The van der Waals surface area contributed by atoms with Gasteiger partial charge in [-0.05, 0) is 109 Å². The first kappa shape index (κ1) is 35.6. The lowest BCUT2D eigenvalue weighted by Gasteiger charge is -2.35. The van der Waals surface area contributed by atoms with Crippen molar-refractivity contribution < 1.29 is 35.6 Å². The second kappa shape index (κ2) is 15.7. The predicted octanol–water partition coefficient (Wildman–Crippen LogP) is 5.91. The van der Waals surface area contributed by atoms with Crippen LogP contribution in [0.5, 0.6) is 0 Å². The molecule has 0 bridgehead atoms. The van der Waals surface area contributed by atoms with Crippen LogP contribution in [-0.2, 0) is 32.6 Å². The maximum absolute atomic E-state index is 13.7. The number of benzene rings is 2. The summed E-state index contributed by atoms with van der Waals surface area (Å²) in [5.41, 5.74) is 2.33. The molecule has 0 amide bonds. The van der Waals surface area contributed by atoms with E-state index in [2.05, 4.69) is 35.7 Å². The Labute approximate surface area is 281 Å². The predicted molar refractivity (Wildman–Crippen MR) is 173 cm³/mol. The summed E-state index contributed by atoms with van der Waals surface area (Å²) < 4.78 is 80.4. The van der Waals surface area contributed by atoms with E-state index < -0.39 is 28.2 Å². The van der Waals surface area contributed by atoms with Crippen LogP contribution in [0.25, 0.3) is 0 Å². The van der Waals surface area contributed by atoms with Gasteiger partial charge in [0.05, 0.1) is 10.9 Å². The lowest BCUT2D eigenvalue weighted by Crippen LogP contribution is -2.48. The summed E-state index contributed by atoms with van der Waals surface area (Å²) >= 11 is 0. The molecular weight excluding hydrogens is 666 g/mol. The minimum Gasteiger partial charge on any atom is -0.350 e. The molecule has 0 radical (unpaired) electrons. The molecule has 1 unspecified atom stereocenters. The number of rotatable bonds is 13. The Morgan fingerprint density at radius 1 is 0.939 bits per heavy atom. The molecule has 2 aromatic carbocycles. The number of carbonyl (C=O) groups is 1. The van der Waals surface area contributed by atoms with Crippen LogP contribution in [0.1, 0.15) is 43.7 Å². The van der Waals surface area contributed by atoms with Gasteiger partial charge in [-0.3, -0.25) is 4.98 Å². The lowest BCUT2D eigenvalue weighted by molar-refractivity contribution is -0.228. The van der Waals surface area contributed by atoms with Crippen molar-refractivity contribution in [1.82, 2.24) is 24.7 Å². The van der Waals surface area contributed by atoms with Crippen molar-refractivity contribution in [2.24, 2.45) is 0 Å². The maximum atomic E-state index is 13.7. The fourth-order valence-electron chi connectivity index (χ4n) is 5.50. The van der Waals surface area contributed by atoms with Crippen molar-refractivity contribution in [2.45, 2.75) is 74.8 Å². The molecule has 1 aliphatic carbocycles. The maximum Gasteiger partial charge on any atom is 0.492 e. The van der Waals surface area contributed by atoms with Crippen molar-refractivity contribution in [2.75, 3.05) is 10.6 Å². The third kappa shape index (κ3) is 9.93. The molecule has 16 heteroatoms. The van der Waals surface area contributed by atoms with E-state index in [1.807, 2.05) is 19.1 Å². The standard InChI is InChI=1S/C33H35F4N7O4S/c1-22(20-23-14-17-38-18-15-23)41-26-8-10-28(11-9-26)44(48-31(45)33(35,36)37)49(46,47)29-12-2-24(3-13-29)21-40-32-39-19-16-30(43-32)42-27-6-4-25(34)5-7-27/h2-7,12-19,22,26,28,41H,8-11,20-21H2,1H3,(H2,39,40,42,43). The average Bonchev–Trinajstić information content (AvgIpc) is 3.08. The van der Waals surface area contributed by atoms with Crippen molar-refractivity contribution in [3.8, 4) is 0 Å². The number of nitrogens with one attached hydrogen (secondary N) is 3. The highest BCUT2D eigenvalue weighted by atomic mass is 32.2. The summed E-state index contributed by atoms with van der Waals surface area (Å²) in [6.07, 6.45) is 1.58. The lowest BCUT2D eigenvalue weighted by atomic mass is 9.91. The van der Waals surface area contributed by atoms with E-state index in [1.165, 1.54) is 42.6 Å². The van der Waals surface area contributed by atoms with Crippen LogP contribution < -0.4 is 16.0 Å². The SMILES string of the molecule is CC(Cc1ccncc1)NC1CCC(N(OC(=O)C(F)(F)F)S(=O)(=O)c2ccc(CNc3nccc(Nc4ccc(F)cc4)n3)cc2)CC1. The summed E-state index contributed by atoms with van der Waals surface area (Å²) in [5.74, 6) is -2.28. The van der Waals surface area contributed by atoms with Crippen molar-refractivity contribution in [1.29, 1.82) is 0 Å². The molecule has 260 valence electrons. The van der Waals surface area contributed by atoms with Gasteiger partial charge in [-0.15, -0.1) is 0 Å². The molecule has 2 aromatic heterocycles. The quantitative estimate of drug-likeness (QED) is 0.114. The third-order valence-corrected chi connectivity index (χ3v) is 9.61. The van der Waals surface area contributed by atoms with Crippen LogP contribution in [0, 0.1) is 5.82 Å². The van der Waals surface area contributed by atoms with Crippen LogP contribution in [0.15, 0.2) is 90.2 Å². The number of nitrogens with zero attached hydrogens (tertiary/aromatic N) is 4. The number of pyridine rings is 1. The monoisotopic (exact) mass is 701 g/mol. The highest BCUT2D eigenvalue weighted by molar-refractivity contribution is 7.89. The molecule has 3 N–H and O–H groups in total. The fourth-order valence-corrected chi connectivity index (χ4v) is 6.96. The number of alkyl halides is 3.